The van der Waals surface area contributed by atoms with E-state index in [2.05, 4.69) is 42.0 Å². The minimum Gasteiger partial charge on any atom is -0.360 e. The van der Waals surface area contributed by atoms with Crippen LogP contribution in [0.5, 0.6) is 0 Å². The number of nitrogens with zero attached hydrogens (tertiary/aromatic N) is 5. The van der Waals surface area contributed by atoms with E-state index < -0.39 is 0 Å². The summed E-state index contributed by atoms with van der Waals surface area (Å²) >= 11 is 0. The highest BCUT2D eigenvalue weighted by Crippen LogP contribution is 2.43. The summed E-state index contributed by atoms with van der Waals surface area (Å²) in [4.78, 5) is 20.5. The first-order valence-electron chi connectivity index (χ1n) is 10.7. The van der Waals surface area contributed by atoms with E-state index in [0.717, 1.165) is 60.5 Å². The Hall–Kier alpha value is -3.23. The summed E-state index contributed by atoms with van der Waals surface area (Å²) in [5.41, 5.74) is 3.13. The van der Waals surface area contributed by atoms with Crippen LogP contribution >= 0.6 is 0 Å². The van der Waals surface area contributed by atoms with Gasteiger partial charge in [0.25, 0.3) is 5.91 Å². The zero-order valence-electron chi connectivity index (χ0n) is 16.7. The van der Waals surface area contributed by atoms with E-state index in [1.807, 2.05) is 12.3 Å². The van der Waals surface area contributed by atoms with Crippen molar-refractivity contribution in [3.8, 4) is 0 Å². The number of carbonyl (C=O) groups is 1. The van der Waals surface area contributed by atoms with Crippen molar-refractivity contribution in [1.29, 1.82) is 0 Å². The number of aromatic nitrogens is 6. The van der Waals surface area contributed by atoms with Gasteiger partial charge in [0.05, 0.1) is 17.9 Å². The molecule has 0 bridgehead atoms. The summed E-state index contributed by atoms with van der Waals surface area (Å²) in [6.07, 6.45) is 10.1. The lowest BCUT2D eigenvalue weighted by Crippen LogP contribution is -2.33. The molecule has 2 fully saturated rings. The largest absolute Gasteiger partial charge is 0.360 e. The predicted octanol–water partition coefficient (Wildman–Crippen LogP) is 3.17. The van der Waals surface area contributed by atoms with E-state index in [0.29, 0.717) is 17.4 Å². The van der Waals surface area contributed by atoms with Gasteiger partial charge < -0.3 is 14.8 Å². The Balaban J connectivity index is 1.28. The molecule has 0 aromatic carbocycles. The molecule has 6 rings (SSSR count). The smallest absolute Gasteiger partial charge is 0.256 e. The van der Waals surface area contributed by atoms with Crippen LogP contribution in [0.15, 0.2) is 29.2 Å². The average molecular weight is 405 g/mol. The monoisotopic (exact) mass is 405 g/mol. The van der Waals surface area contributed by atoms with Gasteiger partial charge in [0.2, 0.25) is 0 Å². The van der Waals surface area contributed by atoms with Gasteiger partial charge in [-0.25, -0.2) is 4.98 Å². The molecule has 0 saturated heterocycles. The van der Waals surface area contributed by atoms with Gasteiger partial charge in [-0.1, -0.05) is 18.5 Å². The molecule has 30 heavy (non-hydrogen) atoms. The number of carbonyl (C=O) groups excluding carboxylic acids is 1. The van der Waals surface area contributed by atoms with Crippen molar-refractivity contribution >= 4 is 22.7 Å². The van der Waals surface area contributed by atoms with E-state index in [9.17, 15) is 4.79 Å². The van der Waals surface area contributed by atoms with Gasteiger partial charge in [-0.05, 0) is 37.7 Å². The van der Waals surface area contributed by atoms with Gasteiger partial charge in [0, 0.05) is 24.1 Å². The second-order valence-corrected chi connectivity index (χ2v) is 8.52. The first kappa shape index (κ1) is 17.6. The number of hydrogen-bond donors (Lipinski definition) is 2. The maximum Gasteiger partial charge on any atom is 0.256 e. The van der Waals surface area contributed by atoms with Crippen molar-refractivity contribution in [2.45, 2.75) is 56.9 Å². The topological polar surface area (TPSA) is 114 Å². The molecule has 9 nitrogen and oxygen atoms in total. The van der Waals surface area contributed by atoms with Crippen LogP contribution in [0.3, 0.4) is 0 Å². The van der Waals surface area contributed by atoms with E-state index in [-0.39, 0.29) is 17.9 Å². The Morgan fingerprint density at radius 2 is 2.20 bits per heavy atom. The van der Waals surface area contributed by atoms with E-state index in [1.165, 1.54) is 0 Å². The number of rotatable bonds is 5. The second kappa shape index (κ2) is 6.65. The molecule has 1 amide bonds. The Kier molecular flexibility index (Phi) is 3.90. The lowest BCUT2D eigenvalue weighted by Gasteiger charge is -2.15. The molecular weight excluding hydrogens is 382 g/mol. The molecule has 2 N–H and O–H groups in total. The quantitative estimate of drug-likeness (QED) is 0.527. The lowest BCUT2D eigenvalue weighted by molar-refractivity contribution is 0.0935. The average Bonchev–Trinajstić information content (AvgIpc) is 3.18. The fraction of sp³-hybridized carbons (Fsp3) is 0.476. The number of H-pyrrole nitrogens is 1. The fourth-order valence-electron chi connectivity index (χ4n) is 4.97. The second-order valence-electron chi connectivity index (χ2n) is 8.52. The molecular formula is C21H23N7O2. The highest BCUT2D eigenvalue weighted by atomic mass is 16.5. The summed E-state index contributed by atoms with van der Waals surface area (Å²) in [5.74, 6) is 2.61. The summed E-state index contributed by atoms with van der Waals surface area (Å²) < 4.78 is 7.44. The fourth-order valence-corrected chi connectivity index (χ4v) is 4.97. The molecule has 0 aliphatic heterocycles. The molecule has 0 spiro atoms. The van der Waals surface area contributed by atoms with Gasteiger partial charge >= 0.3 is 0 Å². The maximum absolute atomic E-state index is 12.9. The third-order valence-corrected chi connectivity index (χ3v) is 6.64. The Labute approximate surface area is 172 Å². The number of aromatic amines is 1. The van der Waals surface area contributed by atoms with Gasteiger partial charge in [0.1, 0.15) is 11.4 Å². The van der Waals surface area contributed by atoms with Gasteiger partial charge in [-0.2, -0.15) is 0 Å². The first-order valence-corrected chi connectivity index (χ1v) is 10.7. The maximum atomic E-state index is 12.9. The standard InChI is InChI=1S/C21H23N7O2/c1-2-11-7-13(25-21(29)15-9-24-30-18(15)12-3-4-12)8-14(11)20-27-26-17-10-23-19-16(28(17)20)5-6-22-19/h5-6,9-14,22H,2-4,7-8H2,1H3,(H,25,29)/t11-,13+,14+/m1/s1. The predicted molar refractivity (Wildman–Crippen MR) is 108 cm³/mol. The number of amides is 1. The van der Waals surface area contributed by atoms with Crippen molar-refractivity contribution < 1.29 is 9.32 Å². The van der Waals surface area contributed by atoms with Crippen LogP contribution in [-0.4, -0.2) is 41.7 Å². The summed E-state index contributed by atoms with van der Waals surface area (Å²) in [6, 6.07) is 2.09. The minimum absolute atomic E-state index is 0.0815. The third-order valence-electron chi connectivity index (χ3n) is 6.64. The van der Waals surface area contributed by atoms with Crippen LogP contribution in [-0.2, 0) is 0 Å². The van der Waals surface area contributed by atoms with Gasteiger partial charge in [-0.15, -0.1) is 10.2 Å². The molecule has 154 valence electrons. The van der Waals surface area contributed by atoms with Crippen molar-refractivity contribution in [2.75, 3.05) is 0 Å². The summed E-state index contributed by atoms with van der Waals surface area (Å²) in [7, 11) is 0. The van der Waals surface area contributed by atoms with E-state index in [1.54, 1.807) is 12.4 Å². The Bertz CT molecular complexity index is 1230. The normalized spacial score (nSPS) is 24.1. The molecule has 0 radical (unpaired) electrons. The van der Waals surface area contributed by atoms with Crippen LogP contribution in [0.2, 0.25) is 0 Å². The van der Waals surface area contributed by atoms with E-state index >= 15 is 0 Å². The molecule has 3 atom stereocenters. The van der Waals surface area contributed by atoms with Crippen LogP contribution in [0.4, 0.5) is 0 Å². The number of hydrogen-bond acceptors (Lipinski definition) is 6. The van der Waals surface area contributed by atoms with Gasteiger partial charge in [0.15, 0.2) is 17.1 Å². The first-order chi connectivity index (χ1) is 14.7. The van der Waals surface area contributed by atoms with Crippen LogP contribution in [0.25, 0.3) is 16.8 Å². The zero-order chi connectivity index (χ0) is 20.2. The summed E-state index contributed by atoms with van der Waals surface area (Å²) in [6.45, 7) is 2.20. The van der Waals surface area contributed by atoms with E-state index in [4.69, 9.17) is 4.52 Å². The minimum atomic E-state index is -0.0815. The Morgan fingerprint density at radius 3 is 3.03 bits per heavy atom. The van der Waals surface area contributed by atoms with Crippen LogP contribution in [0, 0.1) is 5.92 Å². The molecule has 2 saturated carbocycles. The molecule has 9 heteroatoms. The SMILES string of the molecule is CC[C@@H]1C[C@H](NC(=O)c2cnoc2C2CC2)C[C@@H]1c1nnc2cnc3[nH]ccc3n12. The van der Waals surface area contributed by atoms with Crippen LogP contribution < -0.4 is 5.32 Å². The molecule has 4 aromatic heterocycles. The molecule has 4 aromatic rings. The molecule has 2 aliphatic rings. The van der Waals surface area contributed by atoms with Crippen molar-refractivity contribution in [3.05, 3.63) is 41.8 Å². The van der Waals surface area contributed by atoms with Crippen molar-refractivity contribution in [1.82, 2.24) is 35.0 Å². The zero-order valence-corrected chi connectivity index (χ0v) is 16.7. The number of fused-ring (bicyclic) bond motifs is 3. The van der Waals surface area contributed by atoms with Crippen molar-refractivity contribution in [2.24, 2.45) is 5.92 Å². The molecule has 2 aliphatic carbocycles. The Morgan fingerprint density at radius 1 is 1.30 bits per heavy atom. The lowest BCUT2D eigenvalue weighted by atomic mass is 9.93. The number of nitrogens with one attached hydrogen (secondary N) is 2. The van der Waals surface area contributed by atoms with Gasteiger partial charge in [-0.3, -0.25) is 9.20 Å². The molecule has 0 unspecified atom stereocenters. The third kappa shape index (κ3) is 2.72. The van der Waals surface area contributed by atoms with Crippen molar-refractivity contribution in [3.63, 3.8) is 0 Å². The van der Waals surface area contributed by atoms with Crippen LogP contribution in [0.1, 0.15) is 72.8 Å². The highest BCUT2D eigenvalue weighted by molar-refractivity contribution is 5.95. The highest BCUT2D eigenvalue weighted by Gasteiger charge is 2.39. The summed E-state index contributed by atoms with van der Waals surface area (Å²) in [5, 5.41) is 16.0. The molecule has 4 heterocycles.